The van der Waals surface area contributed by atoms with Crippen molar-refractivity contribution in [2.24, 2.45) is 0 Å². The Labute approximate surface area is 118 Å². The third-order valence-electron chi connectivity index (χ3n) is 2.89. The smallest absolute Gasteiger partial charge is 0.336 e. The fraction of sp³-hybridized carbons (Fsp3) is 0. The molecular formula is C14H9NO6. The summed E-state index contributed by atoms with van der Waals surface area (Å²) >= 11 is 0. The van der Waals surface area contributed by atoms with Crippen molar-refractivity contribution in [1.82, 2.24) is 0 Å². The van der Waals surface area contributed by atoms with Crippen LogP contribution in [0, 0.1) is 10.1 Å². The van der Waals surface area contributed by atoms with E-state index in [2.05, 4.69) is 0 Å². The second-order valence-corrected chi connectivity index (χ2v) is 4.17. The molecule has 0 aromatic heterocycles. The molecule has 0 amide bonds. The zero-order valence-electron chi connectivity index (χ0n) is 10.5. The summed E-state index contributed by atoms with van der Waals surface area (Å²) in [5, 5.41) is 28.6. The lowest BCUT2D eigenvalue weighted by Gasteiger charge is -2.06. The first-order valence-electron chi connectivity index (χ1n) is 5.75. The van der Waals surface area contributed by atoms with Crippen molar-refractivity contribution in [2.45, 2.75) is 0 Å². The summed E-state index contributed by atoms with van der Waals surface area (Å²) < 4.78 is 0. The average Bonchev–Trinajstić information content (AvgIpc) is 2.46. The summed E-state index contributed by atoms with van der Waals surface area (Å²) in [6.07, 6.45) is 0. The van der Waals surface area contributed by atoms with Crippen molar-refractivity contribution in [3.8, 4) is 11.1 Å². The minimum Gasteiger partial charge on any atom is -0.478 e. The molecule has 0 unspecified atom stereocenters. The van der Waals surface area contributed by atoms with Gasteiger partial charge in [-0.3, -0.25) is 10.1 Å². The van der Waals surface area contributed by atoms with Gasteiger partial charge in [-0.15, -0.1) is 0 Å². The maximum absolute atomic E-state index is 11.1. The number of rotatable bonds is 4. The third-order valence-corrected chi connectivity index (χ3v) is 2.89. The van der Waals surface area contributed by atoms with E-state index < -0.39 is 16.9 Å². The molecular weight excluding hydrogens is 278 g/mol. The number of benzene rings is 2. The van der Waals surface area contributed by atoms with Crippen LogP contribution in [0.15, 0.2) is 42.5 Å². The van der Waals surface area contributed by atoms with Gasteiger partial charge < -0.3 is 10.2 Å². The summed E-state index contributed by atoms with van der Waals surface area (Å²) in [4.78, 5) is 32.1. The van der Waals surface area contributed by atoms with E-state index in [4.69, 9.17) is 10.2 Å². The van der Waals surface area contributed by atoms with E-state index in [1.807, 2.05) is 0 Å². The molecule has 0 aliphatic rings. The third kappa shape index (κ3) is 2.86. The summed E-state index contributed by atoms with van der Waals surface area (Å²) in [5.41, 5.74) is 0.290. The molecule has 2 aromatic rings. The van der Waals surface area contributed by atoms with Crippen LogP contribution in [0.1, 0.15) is 20.7 Å². The Kier molecular flexibility index (Phi) is 3.66. The Morgan fingerprint density at radius 2 is 1.38 bits per heavy atom. The first-order valence-corrected chi connectivity index (χ1v) is 5.75. The molecule has 7 nitrogen and oxygen atoms in total. The van der Waals surface area contributed by atoms with Crippen LogP contribution in [0.2, 0.25) is 0 Å². The normalized spacial score (nSPS) is 10.1. The van der Waals surface area contributed by atoms with E-state index in [0.717, 1.165) is 0 Å². The SMILES string of the molecule is O=C(O)c1ccc(-c2ccc([N+](=O)[O-])cc2)cc1C(=O)O. The Morgan fingerprint density at radius 3 is 1.86 bits per heavy atom. The quantitative estimate of drug-likeness (QED) is 0.659. The van der Waals surface area contributed by atoms with Crippen LogP contribution >= 0.6 is 0 Å². The maximum atomic E-state index is 11.1. The van der Waals surface area contributed by atoms with Gasteiger partial charge >= 0.3 is 11.9 Å². The molecule has 0 saturated carbocycles. The van der Waals surface area contributed by atoms with Crippen LogP contribution in [0.5, 0.6) is 0 Å². The molecule has 0 spiro atoms. The van der Waals surface area contributed by atoms with Crippen LogP contribution in [0.3, 0.4) is 0 Å². The van der Waals surface area contributed by atoms with Gasteiger partial charge in [0.15, 0.2) is 0 Å². The summed E-state index contributed by atoms with van der Waals surface area (Å²) in [6.45, 7) is 0. The molecule has 2 N–H and O–H groups in total. The highest BCUT2D eigenvalue weighted by Gasteiger charge is 2.17. The molecule has 21 heavy (non-hydrogen) atoms. The highest BCUT2D eigenvalue weighted by Crippen LogP contribution is 2.25. The minimum atomic E-state index is -1.35. The van der Waals surface area contributed by atoms with Crippen molar-refractivity contribution in [3.05, 3.63) is 63.7 Å². The van der Waals surface area contributed by atoms with Crippen molar-refractivity contribution in [1.29, 1.82) is 0 Å². The molecule has 106 valence electrons. The van der Waals surface area contributed by atoms with Crippen LogP contribution in [-0.4, -0.2) is 27.1 Å². The monoisotopic (exact) mass is 287 g/mol. The van der Waals surface area contributed by atoms with Crippen LogP contribution < -0.4 is 0 Å². The van der Waals surface area contributed by atoms with Gasteiger partial charge in [0, 0.05) is 12.1 Å². The van der Waals surface area contributed by atoms with E-state index in [0.29, 0.717) is 11.1 Å². The van der Waals surface area contributed by atoms with Gasteiger partial charge in [0.25, 0.3) is 5.69 Å². The number of nitro benzene ring substituents is 1. The van der Waals surface area contributed by atoms with Crippen LogP contribution in [0.25, 0.3) is 11.1 Å². The Morgan fingerprint density at radius 1 is 0.857 bits per heavy atom. The van der Waals surface area contributed by atoms with Gasteiger partial charge in [0.2, 0.25) is 0 Å². The number of non-ortho nitro benzene ring substituents is 1. The topological polar surface area (TPSA) is 118 Å². The Hall–Kier alpha value is -3.22. The number of hydrogen-bond acceptors (Lipinski definition) is 4. The minimum absolute atomic E-state index is 0.0839. The molecule has 0 heterocycles. The lowest BCUT2D eigenvalue weighted by molar-refractivity contribution is -0.384. The number of nitro groups is 1. The Bertz CT molecular complexity index is 736. The molecule has 0 bridgehead atoms. The van der Waals surface area contributed by atoms with E-state index in [9.17, 15) is 19.7 Å². The fourth-order valence-electron chi connectivity index (χ4n) is 1.86. The molecule has 2 aromatic carbocycles. The standard InChI is InChI=1S/C14H9NO6/c16-13(17)11-6-3-9(7-12(11)14(18)19)8-1-4-10(5-2-8)15(20)21/h1-7H,(H,16,17)(H,18,19). The van der Waals surface area contributed by atoms with E-state index in [-0.39, 0.29) is 16.8 Å². The van der Waals surface area contributed by atoms with Gasteiger partial charge in [0.05, 0.1) is 16.1 Å². The highest BCUT2D eigenvalue weighted by atomic mass is 16.6. The zero-order chi connectivity index (χ0) is 15.6. The van der Waals surface area contributed by atoms with Gasteiger partial charge in [-0.2, -0.15) is 0 Å². The Balaban J connectivity index is 2.49. The molecule has 0 aliphatic heterocycles. The lowest BCUT2D eigenvalue weighted by atomic mass is 9.99. The maximum Gasteiger partial charge on any atom is 0.336 e. The number of carboxylic acid groups (broad SMARTS) is 2. The van der Waals surface area contributed by atoms with E-state index >= 15 is 0 Å². The molecule has 7 heteroatoms. The number of hydrogen-bond donors (Lipinski definition) is 2. The largest absolute Gasteiger partial charge is 0.478 e. The van der Waals surface area contributed by atoms with Crippen molar-refractivity contribution >= 4 is 17.6 Å². The number of carboxylic acids is 2. The van der Waals surface area contributed by atoms with Crippen LogP contribution in [-0.2, 0) is 0 Å². The number of aromatic carboxylic acids is 2. The molecule has 2 rings (SSSR count). The van der Waals surface area contributed by atoms with Gasteiger partial charge in [-0.25, -0.2) is 9.59 Å². The fourth-order valence-corrected chi connectivity index (χ4v) is 1.86. The van der Waals surface area contributed by atoms with Gasteiger partial charge in [-0.1, -0.05) is 6.07 Å². The van der Waals surface area contributed by atoms with Crippen molar-refractivity contribution in [2.75, 3.05) is 0 Å². The van der Waals surface area contributed by atoms with Crippen molar-refractivity contribution in [3.63, 3.8) is 0 Å². The first kappa shape index (κ1) is 14.2. The molecule has 0 saturated heterocycles. The van der Waals surface area contributed by atoms with Gasteiger partial charge in [0.1, 0.15) is 0 Å². The van der Waals surface area contributed by atoms with Crippen molar-refractivity contribution < 1.29 is 24.7 Å². The molecule has 0 fully saturated rings. The molecule has 0 atom stereocenters. The summed E-state index contributed by atoms with van der Waals surface area (Å²) in [6, 6.07) is 9.41. The molecule has 0 radical (unpaired) electrons. The first-order chi connectivity index (χ1) is 9.90. The summed E-state index contributed by atoms with van der Waals surface area (Å²) in [7, 11) is 0. The van der Waals surface area contributed by atoms with E-state index in [1.54, 1.807) is 0 Å². The second kappa shape index (κ2) is 5.41. The average molecular weight is 287 g/mol. The predicted octanol–water partition coefficient (Wildman–Crippen LogP) is 2.66. The number of carbonyl (C=O) groups is 2. The molecule has 0 aliphatic carbocycles. The van der Waals surface area contributed by atoms with Gasteiger partial charge in [-0.05, 0) is 35.4 Å². The van der Waals surface area contributed by atoms with Crippen LogP contribution in [0.4, 0.5) is 5.69 Å². The lowest BCUT2D eigenvalue weighted by Crippen LogP contribution is -2.07. The zero-order valence-corrected chi connectivity index (χ0v) is 10.5. The van der Waals surface area contributed by atoms with E-state index in [1.165, 1.54) is 42.5 Å². The number of nitrogens with zero attached hydrogens (tertiary/aromatic N) is 1. The second-order valence-electron chi connectivity index (χ2n) is 4.17. The highest BCUT2D eigenvalue weighted by molar-refractivity contribution is 6.02. The summed E-state index contributed by atoms with van der Waals surface area (Å²) in [5.74, 6) is -2.68. The predicted molar refractivity (Wildman–Crippen MR) is 72.5 cm³/mol.